The Labute approximate surface area is 162 Å². The van der Waals surface area contributed by atoms with Crippen molar-refractivity contribution in [3.63, 3.8) is 0 Å². The number of unbranched alkanes of at least 4 members (excludes halogenated alkanes) is 1. The van der Waals surface area contributed by atoms with Gasteiger partial charge in [0.2, 0.25) is 0 Å². The zero-order valence-electron chi connectivity index (χ0n) is 15.4. The number of aliphatic hydroxyl groups is 8. The molecule has 0 radical (unpaired) electrons. The minimum absolute atomic E-state index is 0.402. The predicted octanol–water partition coefficient (Wildman–Crippen LogP) is -5.45. The van der Waals surface area contributed by atoms with E-state index in [0.717, 1.165) is 0 Å². The van der Waals surface area contributed by atoms with E-state index >= 15 is 0 Å². The van der Waals surface area contributed by atoms with E-state index in [1.807, 2.05) is 0 Å². The first-order valence-electron chi connectivity index (χ1n) is 9.39. The van der Waals surface area contributed by atoms with E-state index in [9.17, 15) is 30.6 Å². The van der Waals surface area contributed by atoms with Gasteiger partial charge >= 0.3 is 0 Å². The molecule has 0 unspecified atom stereocenters. The highest BCUT2D eigenvalue weighted by Gasteiger charge is 2.44. The van der Waals surface area contributed by atoms with Gasteiger partial charge in [0.05, 0.1) is 13.2 Å². The van der Waals surface area contributed by atoms with Crippen LogP contribution < -0.4 is 10.6 Å². The summed E-state index contributed by atoms with van der Waals surface area (Å²) in [4.78, 5) is 0. The van der Waals surface area contributed by atoms with Gasteiger partial charge in [-0.15, -0.1) is 0 Å². The van der Waals surface area contributed by atoms with Crippen LogP contribution >= 0.6 is 0 Å². The van der Waals surface area contributed by atoms with Gasteiger partial charge in [-0.2, -0.15) is 0 Å². The largest absolute Gasteiger partial charge is 0.394 e. The van der Waals surface area contributed by atoms with Crippen molar-refractivity contribution in [2.45, 2.75) is 74.1 Å². The molecule has 0 spiro atoms. The SMILES string of the molecule is OC[C@H]1O[C@H](NCCCCN[C@H]2O[C@H](CO)[C@@H](O)[C@H](O)[C@@H]2O)[C@@H](O)[C@@H](O)[C@@H]1O. The van der Waals surface area contributed by atoms with Crippen molar-refractivity contribution in [2.24, 2.45) is 0 Å². The van der Waals surface area contributed by atoms with Gasteiger partial charge in [0.15, 0.2) is 0 Å². The molecule has 28 heavy (non-hydrogen) atoms. The van der Waals surface area contributed by atoms with Gasteiger partial charge in [-0.1, -0.05) is 0 Å². The lowest BCUT2D eigenvalue weighted by Gasteiger charge is -2.40. The van der Waals surface area contributed by atoms with Crippen LogP contribution in [0.5, 0.6) is 0 Å². The molecule has 0 amide bonds. The summed E-state index contributed by atoms with van der Waals surface area (Å²) >= 11 is 0. The van der Waals surface area contributed by atoms with Gasteiger partial charge in [0, 0.05) is 0 Å². The van der Waals surface area contributed by atoms with Crippen molar-refractivity contribution >= 4 is 0 Å². The van der Waals surface area contributed by atoms with Gasteiger partial charge in [-0.25, -0.2) is 0 Å². The van der Waals surface area contributed by atoms with Crippen molar-refractivity contribution in [3.8, 4) is 0 Å². The van der Waals surface area contributed by atoms with E-state index in [1.54, 1.807) is 0 Å². The molecule has 2 saturated heterocycles. The summed E-state index contributed by atoms with van der Waals surface area (Å²) in [6, 6.07) is 0. The Balaban J connectivity index is 1.66. The van der Waals surface area contributed by atoms with Gasteiger partial charge in [-0.3, -0.25) is 10.6 Å². The van der Waals surface area contributed by atoms with E-state index in [2.05, 4.69) is 10.6 Å². The predicted molar refractivity (Wildman–Crippen MR) is 92.8 cm³/mol. The second kappa shape index (κ2) is 11.1. The number of ether oxygens (including phenoxy) is 2. The van der Waals surface area contributed by atoms with Crippen LogP contribution in [-0.4, -0.2) is 128 Å². The van der Waals surface area contributed by atoms with Crippen LogP contribution in [0.2, 0.25) is 0 Å². The molecule has 12 nitrogen and oxygen atoms in total. The van der Waals surface area contributed by atoms with Crippen molar-refractivity contribution in [3.05, 3.63) is 0 Å². The number of hydrogen-bond donors (Lipinski definition) is 10. The lowest BCUT2D eigenvalue weighted by molar-refractivity contribution is -0.237. The first kappa shape index (κ1) is 23.8. The summed E-state index contributed by atoms with van der Waals surface area (Å²) in [5.41, 5.74) is 0. The molecule has 2 heterocycles. The van der Waals surface area contributed by atoms with Crippen LogP contribution in [0.15, 0.2) is 0 Å². The van der Waals surface area contributed by atoms with E-state index < -0.39 is 74.5 Å². The molecule has 2 aliphatic heterocycles. The van der Waals surface area contributed by atoms with Crippen molar-refractivity contribution in [2.75, 3.05) is 26.3 Å². The standard InChI is InChI=1S/C16H32N2O10/c19-5-7-9(21)11(23)13(25)15(27-7)17-3-1-2-4-18-16-14(26)12(24)10(22)8(6-20)28-16/h7-26H,1-6H2/t7-,8-,9-,10-,11+,12+,13+,14+,15+,16+/m1/s1. The van der Waals surface area contributed by atoms with E-state index in [-0.39, 0.29) is 0 Å². The maximum absolute atomic E-state index is 9.92. The van der Waals surface area contributed by atoms with Crippen LogP contribution in [0.25, 0.3) is 0 Å². The van der Waals surface area contributed by atoms with Crippen LogP contribution in [0.4, 0.5) is 0 Å². The summed E-state index contributed by atoms with van der Waals surface area (Å²) in [7, 11) is 0. The van der Waals surface area contributed by atoms with Crippen molar-refractivity contribution in [1.82, 2.24) is 10.6 Å². The normalized spacial score (nSPS) is 44.6. The van der Waals surface area contributed by atoms with E-state index in [1.165, 1.54) is 0 Å². The Hall–Kier alpha value is -0.480. The Bertz CT molecular complexity index is 417. The lowest BCUT2D eigenvalue weighted by atomic mass is 9.98. The summed E-state index contributed by atoms with van der Waals surface area (Å²) in [6.07, 6.45) is -10.9. The van der Waals surface area contributed by atoms with Crippen molar-refractivity contribution in [1.29, 1.82) is 0 Å². The molecule has 0 aliphatic carbocycles. The average Bonchev–Trinajstić information content (AvgIpc) is 2.70. The first-order valence-corrected chi connectivity index (χ1v) is 9.39. The highest BCUT2D eigenvalue weighted by molar-refractivity contribution is 4.92. The molecule has 12 heteroatoms. The van der Waals surface area contributed by atoms with Gasteiger partial charge in [-0.05, 0) is 25.9 Å². The van der Waals surface area contributed by atoms with Gasteiger partial charge < -0.3 is 50.3 Å². The zero-order chi connectivity index (χ0) is 20.8. The third kappa shape index (κ3) is 5.56. The number of aliphatic hydroxyl groups excluding tert-OH is 8. The van der Waals surface area contributed by atoms with E-state index in [4.69, 9.17) is 19.7 Å². The second-order valence-electron chi connectivity index (χ2n) is 7.11. The second-order valence-corrected chi connectivity index (χ2v) is 7.11. The lowest BCUT2D eigenvalue weighted by Crippen LogP contribution is -2.62. The smallest absolute Gasteiger partial charge is 0.137 e. The average molecular weight is 412 g/mol. The van der Waals surface area contributed by atoms with Crippen LogP contribution in [0.1, 0.15) is 12.8 Å². The Morgan fingerprint density at radius 2 is 0.893 bits per heavy atom. The maximum atomic E-state index is 9.92. The molecule has 2 aliphatic rings. The Morgan fingerprint density at radius 3 is 1.21 bits per heavy atom. The summed E-state index contributed by atoms with van der Waals surface area (Å²) in [5, 5.41) is 82.8. The minimum Gasteiger partial charge on any atom is -0.394 e. The van der Waals surface area contributed by atoms with Gasteiger partial charge in [0.25, 0.3) is 0 Å². The fraction of sp³-hybridized carbons (Fsp3) is 1.00. The molecule has 0 aromatic carbocycles. The van der Waals surface area contributed by atoms with Crippen molar-refractivity contribution < 1.29 is 50.3 Å². The third-order valence-electron chi connectivity index (χ3n) is 5.08. The zero-order valence-corrected chi connectivity index (χ0v) is 15.4. The fourth-order valence-corrected chi connectivity index (χ4v) is 3.28. The molecule has 2 rings (SSSR count). The molecular weight excluding hydrogens is 380 g/mol. The summed E-state index contributed by atoms with van der Waals surface area (Å²) in [6.45, 7) is -0.184. The molecule has 0 bridgehead atoms. The quantitative estimate of drug-likeness (QED) is 0.161. The highest BCUT2D eigenvalue weighted by atomic mass is 16.6. The number of rotatable bonds is 9. The molecule has 0 saturated carbocycles. The molecule has 166 valence electrons. The molecule has 10 N–H and O–H groups in total. The first-order chi connectivity index (χ1) is 13.3. The van der Waals surface area contributed by atoms with Gasteiger partial charge in [0.1, 0.15) is 61.3 Å². The molecular formula is C16H32N2O10. The Kier molecular flexibility index (Phi) is 9.40. The van der Waals surface area contributed by atoms with Crippen LogP contribution in [-0.2, 0) is 9.47 Å². The Morgan fingerprint density at radius 1 is 0.536 bits per heavy atom. The topological polar surface area (TPSA) is 204 Å². The van der Waals surface area contributed by atoms with Crippen LogP contribution in [0.3, 0.4) is 0 Å². The number of nitrogens with one attached hydrogen (secondary N) is 2. The molecule has 10 atom stereocenters. The van der Waals surface area contributed by atoms with Crippen LogP contribution in [0, 0.1) is 0 Å². The molecule has 2 fully saturated rings. The minimum atomic E-state index is -1.43. The number of hydrogen-bond acceptors (Lipinski definition) is 12. The highest BCUT2D eigenvalue weighted by Crippen LogP contribution is 2.20. The third-order valence-corrected chi connectivity index (χ3v) is 5.08. The van der Waals surface area contributed by atoms with E-state index in [0.29, 0.717) is 25.9 Å². The monoisotopic (exact) mass is 412 g/mol. The summed E-state index contributed by atoms with van der Waals surface area (Å²) < 4.78 is 10.7. The molecule has 0 aromatic rings. The summed E-state index contributed by atoms with van der Waals surface area (Å²) in [5.74, 6) is 0. The fourth-order valence-electron chi connectivity index (χ4n) is 3.28. The maximum Gasteiger partial charge on any atom is 0.137 e. The molecule has 0 aromatic heterocycles.